The van der Waals surface area contributed by atoms with Crippen LogP contribution in [-0.4, -0.2) is 48.6 Å². The van der Waals surface area contributed by atoms with Crippen LogP contribution in [0, 0.1) is 5.92 Å². The first kappa shape index (κ1) is 20.4. The molecule has 3 heterocycles. The predicted molar refractivity (Wildman–Crippen MR) is 123 cm³/mol. The van der Waals surface area contributed by atoms with Crippen molar-refractivity contribution in [2.24, 2.45) is 10.9 Å². The van der Waals surface area contributed by atoms with Gasteiger partial charge < -0.3 is 10.2 Å². The summed E-state index contributed by atoms with van der Waals surface area (Å²) in [6, 6.07) is 8.72. The molecule has 156 valence electrons. The Morgan fingerprint density at radius 2 is 2.03 bits per heavy atom. The highest BCUT2D eigenvalue weighted by Crippen LogP contribution is 2.27. The summed E-state index contributed by atoms with van der Waals surface area (Å²) in [5.41, 5.74) is 3.99. The Morgan fingerprint density at radius 3 is 2.79 bits per heavy atom. The molecular weight excluding hydrogens is 378 g/mol. The number of para-hydroxylation sites is 1. The molecule has 1 saturated heterocycles. The maximum Gasteiger partial charge on any atom is 0.198 e. The lowest BCUT2D eigenvalue weighted by atomic mass is 9.97. The maximum absolute atomic E-state index is 5.04. The second-order valence-electron chi connectivity index (χ2n) is 8.03. The van der Waals surface area contributed by atoms with E-state index in [1.165, 1.54) is 34.8 Å². The number of aryl methyl sites for hydroxylation is 1. The van der Waals surface area contributed by atoms with Crippen LogP contribution in [0.4, 0.5) is 5.69 Å². The summed E-state index contributed by atoms with van der Waals surface area (Å²) in [6.45, 7) is 10.5. The lowest BCUT2D eigenvalue weighted by Gasteiger charge is -2.31. The highest BCUT2D eigenvalue weighted by Gasteiger charge is 2.24. The highest BCUT2D eigenvalue weighted by atomic mass is 32.1. The molecule has 1 aromatic heterocycles. The normalized spacial score (nSPS) is 18.3. The molecule has 0 amide bonds. The number of hydrogen-bond donors (Lipinski definition) is 1. The van der Waals surface area contributed by atoms with Crippen LogP contribution in [0.25, 0.3) is 0 Å². The fraction of sp³-hybridized carbons (Fsp3) is 0.565. The van der Waals surface area contributed by atoms with Gasteiger partial charge in [-0.1, -0.05) is 25.1 Å². The monoisotopic (exact) mass is 411 g/mol. The van der Waals surface area contributed by atoms with Gasteiger partial charge in [-0.15, -0.1) is 11.3 Å². The third kappa shape index (κ3) is 4.98. The second-order valence-corrected chi connectivity index (χ2v) is 8.97. The van der Waals surface area contributed by atoms with Crippen LogP contribution >= 0.6 is 11.3 Å². The summed E-state index contributed by atoms with van der Waals surface area (Å²) < 4.78 is 0. The second kappa shape index (κ2) is 9.72. The number of nitrogens with zero attached hydrogens (tertiary/aromatic N) is 4. The molecule has 0 spiro atoms. The van der Waals surface area contributed by atoms with Crippen LogP contribution in [0.15, 0.2) is 34.6 Å². The zero-order valence-corrected chi connectivity index (χ0v) is 18.5. The molecule has 2 aromatic rings. The van der Waals surface area contributed by atoms with Gasteiger partial charge in [0.15, 0.2) is 5.96 Å². The van der Waals surface area contributed by atoms with E-state index in [1.807, 2.05) is 0 Å². The lowest BCUT2D eigenvalue weighted by molar-refractivity contribution is 0.179. The Labute approximate surface area is 178 Å². The van der Waals surface area contributed by atoms with Crippen LogP contribution in [-0.2, 0) is 19.4 Å². The third-order valence-electron chi connectivity index (χ3n) is 5.97. The summed E-state index contributed by atoms with van der Waals surface area (Å²) in [7, 11) is 0. The first-order chi connectivity index (χ1) is 14.3. The number of benzene rings is 1. The van der Waals surface area contributed by atoms with Crippen molar-refractivity contribution in [2.75, 3.05) is 37.6 Å². The van der Waals surface area contributed by atoms with Crippen molar-refractivity contribution in [2.45, 2.75) is 46.1 Å². The van der Waals surface area contributed by atoms with Crippen LogP contribution in [0.1, 0.15) is 43.0 Å². The molecule has 1 fully saturated rings. The topological polar surface area (TPSA) is 43.8 Å². The van der Waals surface area contributed by atoms with Crippen LogP contribution in [0.5, 0.6) is 0 Å². The Hall–Kier alpha value is -1.92. The molecular formula is C23H33N5S. The van der Waals surface area contributed by atoms with Gasteiger partial charge in [0.25, 0.3) is 0 Å². The molecule has 4 rings (SSSR count). The number of guanidine groups is 1. The van der Waals surface area contributed by atoms with Gasteiger partial charge in [0.2, 0.25) is 0 Å². The number of piperidine rings is 1. The van der Waals surface area contributed by atoms with Crippen molar-refractivity contribution < 1.29 is 0 Å². The molecule has 0 aliphatic carbocycles. The molecule has 6 heteroatoms. The van der Waals surface area contributed by atoms with Gasteiger partial charge in [-0.2, -0.15) is 0 Å². The largest absolute Gasteiger partial charge is 0.356 e. The molecule has 0 unspecified atom stereocenters. The molecule has 0 bridgehead atoms. The zero-order valence-electron chi connectivity index (χ0n) is 17.7. The minimum atomic E-state index is 0.680. The average Bonchev–Trinajstić information content (AvgIpc) is 3.39. The first-order valence-electron chi connectivity index (χ1n) is 11.1. The lowest BCUT2D eigenvalue weighted by Crippen LogP contribution is -2.41. The number of nitrogens with one attached hydrogen (secondary N) is 1. The Balaban J connectivity index is 1.31. The number of aromatic nitrogens is 1. The van der Waals surface area contributed by atoms with Gasteiger partial charge in [0.1, 0.15) is 0 Å². The van der Waals surface area contributed by atoms with Crippen LogP contribution < -0.4 is 10.2 Å². The Morgan fingerprint density at radius 1 is 1.21 bits per heavy atom. The van der Waals surface area contributed by atoms with Crippen molar-refractivity contribution in [3.8, 4) is 0 Å². The van der Waals surface area contributed by atoms with Gasteiger partial charge in [-0.3, -0.25) is 9.89 Å². The third-order valence-corrected chi connectivity index (χ3v) is 7.01. The van der Waals surface area contributed by atoms with E-state index in [9.17, 15) is 0 Å². The molecule has 5 nitrogen and oxygen atoms in total. The minimum absolute atomic E-state index is 0.680. The average molecular weight is 412 g/mol. The van der Waals surface area contributed by atoms with Crippen LogP contribution in [0.3, 0.4) is 0 Å². The smallest absolute Gasteiger partial charge is 0.198 e. The maximum atomic E-state index is 5.04. The zero-order chi connectivity index (χ0) is 20.1. The number of likely N-dealkylation sites (tertiary alicyclic amines) is 1. The van der Waals surface area contributed by atoms with Gasteiger partial charge in [0, 0.05) is 37.2 Å². The number of thiazole rings is 1. The van der Waals surface area contributed by atoms with Gasteiger partial charge >= 0.3 is 0 Å². The number of anilines is 1. The number of hydrogen-bond acceptors (Lipinski definition) is 4. The summed E-state index contributed by atoms with van der Waals surface area (Å²) in [5.74, 6) is 1.73. The van der Waals surface area contributed by atoms with Crippen molar-refractivity contribution in [1.29, 1.82) is 0 Å². The highest BCUT2D eigenvalue weighted by molar-refractivity contribution is 7.09. The predicted octanol–water partition coefficient (Wildman–Crippen LogP) is 3.95. The quantitative estimate of drug-likeness (QED) is 0.577. The van der Waals surface area contributed by atoms with Crippen molar-refractivity contribution in [3.63, 3.8) is 0 Å². The standard InChI is InChI=1S/C23H33N5S/c1-3-22-26-20(17-29-22)16-27-12-9-18(10-13-27)15-25-23(24-4-2)28-14-11-19-7-5-6-8-21(19)28/h5-8,17-18H,3-4,9-16H2,1-2H3,(H,24,25). The number of aliphatic imine (C=N–C) groups is 1. The molecule has 1 aromatic carbocycles. The van der Waals surface area contributed by atoms with Crippen LogP contribution in [0.2, 0.25) is 0 Å². The number of rotatable bonds is 6. The van der Waals surface area contributed by atoms with Gasteiger partial charge in [-0.05, 0) is 63.2 Å². The fourth-order valence-electron chi connectivity index (χ4n) is 4.31. The summed E-state index contributed by atoms with van der Waals surface area (Å²) in [5, 5.41) is 6.99. The molecule has 0 radical (unpaired) electrons. The van der Waals surface area contributed by atoms with E-state index in [0.29, 0.717) is 5.92 Å². The Kier molecular flexibility index (Phi) is 6.82. The van der Waals surface area contributed by atoms with Gasteiger partial charge in [0.05, 0.1) is 10.7 Å². The summed E-state index contributed by atoms with van der Waals surface area (Å²) >= 11 is 1.79. The summed E-state index contributed by atoms with van der Waals surface area (Å²) in [4.78, 5) is 14.7. The van der Waals surface area contributed by atoms with Crippen molar-refractivity contribution in [1.82, 2.24) is 15.2 Å². The first-order valence-corrected chi connectivity index (χ1v) is 11.9. The van der Waals surface area contributed by atoms with E-state index in [4.69, 9.17) is 9.98 Å². The van der Waals surface area contributed by atoms with E-state index in [-0.39, 0.29) is 0 Å². The van der Waals surface area contributed by atoms with Crippen molar-refractivity contribution >= 4 is 23.0 Å². The molecule has 2 aliphatic heterocycles. The van der Waals surface area contributed by atoms with E-state index in [2.05, 4.69) is 58.6 Å². The van der Waals surface area contributed by atoms with Crippen molar-refractivity contribution in [3.05, 3.63) is 45.9 Å². The molecule has 0 atom stereocenters. The summed E-state index contributed by atoms with van der Waals surface area (Å²) in [6.07, 6.45) is 4.60. The SMILES string of the molecule is CCNC(=NCC1CCN(Cc2csc(CC)n2)CC1)N1CCc2ccccc21. The van der Waals surface area contributed by atoms with E-state index in [1.54, 1.807) is 11.3 Å². The fourth-order valence-corrected chi connectivity index (χ4v) is 5.04. The molecule has 2 aliphatic rings. The van der Waals surface area contributed by atoms with E-state index in [0.717, 1.165) is 58.1 Å². The molecule has 1 N–H and O–H groups in total. The van der Waals surface area contributed by atoms with E-state index >= 15 is 0 Å². The minimum Gasteiger partial charge on any atom is -0.356 e. The number of fused-ring (bicyclic) bond motifs is 1. The Bertz CT molecular complexity index is 822. The van der Waals surface area contributed by atoms with Gasteiger partial charge in [-0.25, -0.2) is 4.98 Å². The molecule has 0 saturated carbocycles. The van der Waals surface area contributed by atoms with E-state index < -0.39 is 0 Å². The molecule has 29 heavy (non-hydrogen) atoms.